The van der Waals surface area contributed by atoms with Crippen LogP contribution in [0.4, 0.5) is 0 Å². The number of para-hydroxylation sites is 1. The number of likely N-dealkylation sites (N-methyl/N-ethyl adjacent to an activating group) is 1. The lowest BCUT2D eigenvalue weighted by molar-refractivity contribution is 0.0940. The number of nitrogens with one attached hydrogen (secondary N) is 1. The second kappa shape index (κ2) is 8.21. The molecule has 150 valence electrons. The van der Waals surface area contributed by atoms with Crippen molar-refractivity contribution in [3.63, 3.8) is 0 Å². The fourth-order valence-corrected chi connectivity index (χ4v) is 3.58. The van der Waals surface area contributed by atoms with Gasteiger partial charge in [0.2, 0.25) is 0 Å². The molecule has 1 fully saturated rings. The Morgan fingerprint density at radius 3 is 2.66 bits per heavy atom. The van der Waals surface area contributed by atoms with E-state index >= 15 is 0 Å². The molecule has 5 nitrogen and oxygen atoms in total. The van der Waals surface area contributed by atoms with Gasteiger partial charge in [0.05, 0.1) is 11.3 Å². The summed E-state index contributed by atoms with van der Waals surface area (Å²) in [6.07, 6.45) is 4.35. The van der Waals surface area contributed by atoms with Crippen LogP contribution in [-0.2, 0) is 0 Å². The first-order chi connectivity index (χ1) is 14.0. The fraction of sp³-hybridized carbons (Fsp3) is 0.333. The van der Waals surface area contributed by atoms with Crippen LogP contribution in [0.1, 0.15) is 35.7 Å². The molecule has 0 radical (unpaired) electrons. The first kappa shape index (κ1) is 19.4. The SMILES string of the molecule is Cc1cccc(-c2nn(-c3ccccc3)cc2C(=O)NCC(C)N(C)C2CC2)c1. The van der Waals surface area contributed by atoms with E-state index in [4.69, 9.17) is 5.10 Å². The van der Waals surface area contributed by atoms with E-state index in [-0.39, 0.29) is 5.91 Å². The number of benzene rings is 2. The van der Waals surface area contributed by atoms with Crippen molar-refractivity contribution in [3.05, 3.63) is 71.9 Å². The maximum Gasteiger partial charge on any atom is 0.255 e. The third-order valence-corrected chi connectivity index (χ3v) is 5.65. The number of carbonyl (C=O) groups excluding carboxylic acids is 1. The molecule has 29 heavy (non-hydrogen) atoms. The first-order valence-electron chi connectivity index (χ1n) is 10.2. The number of carbonyl (C=O) groups is 1. The molecule has 1 amide bonds. The van der Waals surface area contributed by atoms with Crippen molar-refractivity contribution in [2.75, 3.05) is 13.6 Å². The monoisotopic (exact) mass is 388 g/mol. The van der Waals surface area contributed by atoms with Crippen LogP contribution in [-0.4, -0.2) is 46.3 Å². The van der Waals surface area contributed by atoms with Crippen molar-refractivity contribution >= 4 is 5.91 Å². The van der Waals surface area contributed by atoms with E-state index in [1.165, 1.54) is 12.8 Å². The lowest BCUT2D eigenvalue weighted by atomic mass is 10.1. The Morgan fingerprint density at radius 1 is 1.21 bits per heavy atom. The van der Waals surface area contributed by atoms with Gasteiger partial charge in [-0.15, -0.1) is 0 Å². The van der Waals surface area contributed by atoms with Gasteiger partial charge in [0.15, 0.2) is 0 Å². The van der Waals surface area contributed by atoms with Gasteiger partial charge in [0.1, 0.15) is 5.69 Å². The number of hydrogen-bond donors (Lipinski definition) is 1. The van der Waals surface area contributed by atoms with E-state index in [1.807, 2.05) is 61.7 Å². The number of nitrogens with zero attached hydrogens (tertiary/aromatic N) is 3. The number of amides is 1. The summed E-state index contributed by atoms with van der Waals surface area (Å²) in [5, 5.41) is 7.88. The third-order valence-electron chi connectivity index (χ3n) is 5.65. The van der Waals surface area contributed by atoms with Gasteiger partial charge in [-0.25, -0.2) is 4.68 Å². The molecular weight excluding hydrogens is 360 g/mol. The van der Waals surface area contributed by atoms with E-state index in [1.54, 1.807) is 4.68 Å². The molecular formula is C24H28N4O. The molecule has 1 saturated carbocycles. The van der Waals surface area contributed by atoms with Crippen LogP contribution < -0.4 is 5.32 Å². The maximum atomic E-state index is 13.1. The van der Waals surface area contributed by atoms with Gasteiger partial charge in [0.25, 0.3) is 5.91 Å². The fourth-order valence-electron chi connectivity index (χ4n) is 3.58. The van der Waals surface area contributed by atoms with Crippen LogP contribution in [0.3, 0.4) is 0 Å². The number of aromatic nitrogens is 2. The quantitative estimate of drug-likeness (QED) is 0.664. The molecule has 1 aromatic heterocycles. The van der Waals surface area contributed by atoms with Crippen LogP contribution in [0.2, 0.25) is 0 Å². The molecule has 1 atom stereocenters. The summed E-state index contributed by atoms with van der Waals surface area (Å²) in [5.41, 5.74) is 4.33. The Bertz CT molecular complexity index is 991. The molecule has 3 aromatic rings. The molecule has 0 spiro atoms. The summed E-state index contributed by atoms with van der Waals surface area (Å²) in [6, 6.07) is 19.0. The average Bonchev–Trinajstić information content (AvgIpc) is 3.49. The van der Waals surface area contributed by atoms with E-state index < -0.39 is 0 Å². The van der Waals surface area contributed by atoms with Gasteiger partial charge in [-0.05, 0) is 51.9 Å². The zero-order valence-corrected chi connectivity index (χ0v) is 17.3. The van der Waals surface area contributed by atoms with Crippen LogP contribution >= 0.6 is 0 Å². The Hall–Kier alpha value is -2.92. The molecule has 1 N–H and O–H groups in total. The van der Waals surface area contributed by atoms with Crippen molar-refractivity contribution in [2.45, 2.75) is 38.8 Å². The predicted octanol–water partition coefficient (Wildman–Crippen LogP) is 4.06. The Balaban J connectivity index is 1.61. The van der Waals surface area contributed by atoms with Crippen molar-refractivity contribution in [2.24, 2.45) is 0 Å². The summed E-state index contributed by atoms with van der Waals surface area (Å²) in [4.78, 5) is 15.5. The van der Waals surface area contributed by atoms with Crippen LogP contribution in [0.5, 0.6) is 0 Å². The standard InChI is InChI=1S/C24H28N4O/c1-17-8-7-9-19(14-17)23-22(16-28(26-23)21-10-5-4-6-11-21)24(29)25-15-18(2)27(3)20-12-13-20/h4-11,14,16,18,20H,12-13,15H2,1-3H3,(H,25,29). The predicted molar refractivity (Wildman–Crippen MR) is 116 cm³/mol. The minimum Gasteiger partial charge on any atom is -0.350 e. The van der Waals surface area contributed by atoms with Crippen molar-refractivity contribution in [1.29, 1.82) is 0 Å². The molecule has 0 bridgehead atoms. The molecule has 1 heterocycles. The zero-order valence-electron chi connectivity index (χ0n) is 17.3. The topological polar surface area (TPSA) is 50.2 Å². The summed E-state index contributed by atoms with van der Waals surface area (Å²) >= 11 is 0. The number of rotatable bonds is 7. The van der Waals surface area contributed by atoms with Gasteiger partial charge in [-0.1, -0.05) is 42.0 Å². The Labute approximate surface area is 172 Å². The maximum absolute atomic E-state index is 13.1. The van der Waals surface area contributed by atoms with Crippen molar-refractivity contribution in [1.82, 2.24) is 20.0 Å². The van der Waals surface area contributed by atoms with Crippen molar-refractivity contribution < 1.29 is 4.79 Å². The van der Waals surface area contributed by atoms with Crippen LogP contribution in [0, 0.1) is 6.92 Å². The van der Waals surface area contributed by atoms with E-state index in [0.29, 0.717) is 29.9 Å². The lowest BCUT2D eigenvalue weighted by Crippen LogP contribution is -2.41. The van der Waals surface area contributed by atoms with Gasteiger partial charge >= 0.3 is 0 Å². The highest BCUT2D eigenvalue weighted by molar-refractivity contribution is 6.00. The highest BCUT2D eigenvalue weighted by Gasteiger charge is 2.29. The minimum absolute atomic E-state index is 0.0836. The highest BCUT2D eigenvalue weighted by atomic mass is 16.1. The summed E-state index contributed by atoms with van der Waals surface area (Å²) in [7, 11) is 2.14. The summed E-state index contributed by atoms with van der Waals surface area (Å²) in [5.74, 6) is -0.0836. The third kappa shape index (κ3) is 4.40. The van der Waals surface area contributed by atoms with Gasteiger partial charge in [-0.2, -0.15) is 5.10 Å². The first-order valence-corrected chi connectivity index (χ1v) is 10.2. The van der Waals surface area contributed by atoms with E-state index in [9.17, 15) is 4.79 Å². The molecule has 5 heteroatoms. The second-order valence-electron chi connectivity index (χ2n) is 8.00. The van der Waals surface area contributed by atoms with Crippen LogP contribution in [0.15, 0.2) is 60.8 Å². The summed E-state index contributed by atoms with van der Waals surface area (Å²) in [6.45, 7) is 4.83. The average molecular weight is 389 g/mol. The molecule has 1 aliphatic rings. The molecule has 0 aliphatic heterocycles. The molecule has 2 aromatic carbocycles. The Morgan fingerprint density at radius 2 is 1.97 bits per heavy atom. The summed E-state index contributed by atoms with van der Waals surface area (Å²) < 4.78 is 1.78. The largest absolute Gasteiger partial charge is 0.350 e. The van der Waals surface area contributed by atoms with Gasteiger partial charge in [0, 0.05) is 30.4 Å². The molecule has 1 aliphatic carbocycles. The minimum atomic E-state index is -0.0836. The highest BCUT2D eigenvalue weighted by Crippen LogP contribution is 2.27. The molecule has 1 unspecified atom stereocenters. The van der Waals surface area contributed by atoms with Crippen LogP contribution in [0.25, 0.3) is 16.9 Å². The lowest BCUT2D eigenvalue weighted by Gasteiger charge is -2.24. The van der Waals surface area contributed by atoms with E-state index in [0.717, 1.165) is 16.8 Å². The van der Waals surface area contributed by atoms with Gasteiger partial charge in [-0.3, -0.25) is 9.69 Å². The van der Waals surface area contributed by atoms with Crippen molar-refractivity contribution in [3.8, 4) is 16.9 Å². The molecule has 0 saturated heterocycles. The Kier molecular flexibility index (Phi) is 5.49. The smallest absolute Gasteiger partial charge is 0.255 e. The van der Waals surface area contributed by atoms with E-state index in [2.05, 4.69) is 30.3 Å². The molecule has 4 rings (SSSR count). The number of hydrogen-bond acceptors (Lipinski definition) is 3. The second-order valence-corrected chi connectivity index (χ2v) is 8.00. The normalized spacial score (nSPS) is 14.8. The zero-order chi connectivity index (χ0) is 20.4. The number of aryl methyl sites for hydroxylation is 1. The van der Waals surface area contributed by atoms with Gasteiger partial charge < -0.3 is 5.32 Å².